The molecule has 0 radical (unpaired) electrons. The fourth-order valence-corrected chi connectivity index (χ4v) is 4.36. The van der Waals surface area contributed by atoms with E-state index < -0.39 is 22.0 Å². The molecule has 0 amide bonds. The molecule has 9 heteroatoms. The molecular formula is C20H30N2O6S. The van der Waals surface area contributed by atoms with Gasteiger partial charge in [-0.1, -0.05) is 32.3 Å². The molecule has 0 saturated carbocycles. The third-order valence-corrected chi connectivity index (χ3v) is 6.26. The normalized spacial score (nSPS) is 18.9. The van der Waals surface area contributed by atoms with Gasteiger partial charge in [0.1, 0.15) is 18.4 Å². The van der Waals surface area contributed by atoms with Gasteiger partial charge in [0, 0.05) is 6.42 Å². The zero-order valence-corrected chi connectivity index (χ0v) is 18.3. The summed E-state index contributed by atoms with van der Waals surface area (Å²) >= 11 is 0. The number of esters is 1. The molecule has 0 unspecified atom stereocenters. The van der Waals surface area contributed by atoms with E-state index in [4.69, 9.17) is 14.3 Å². The van der Waals surface area contributed by atoms with Crippen LogP contribution in [0.5, 0.6) is 5.75 Å². The average Bonchev–Trinajstić information content (AvgIpc) is 3.13. The second-order valence-corrected chi connectivity index (χ2v) is 9.20. The van der Waals surface area contributed by atoms with Gasteiger partial charge in [-0.15, -0.1) is 0 Å². The second kappa shape index (κ2) is 10.6. The number of benzene rings is 1. The van der Waals surface area contributed by atoms with Crippen molar-refractivity contribution in [3.63, 3.8) is 0 Å². The summed E-state index contributed by atoms with van der Waals surface area (Å²) in [5.74, 6) is 0.268. The van der Waals surface area contributed by atoms with Crippen LogP contribution in [0.15, 0.2) is 34.3 Å². The minimum atomic E-state index is -3.92. The van der Waals surface area contributed by atoms with E-state index in [9.17, 15) is 13.2 Å². The molecule has 162 valence electrons. The van der Waals surface area contributed by atoms with Gasteiger partial charge in [0.15, 0.2) is 0 Å². The number of hydrogen-bond acceptors (Lipinski definition) is 7. The second-order valence-electron chi connectivity index (χ2n) is 7.31. The number of nitrogens with zero attached hydrogens (tertiary/aromatic N) is 2. The molecule has 0 aromatic heterocycles. The lowest BCUT2D eigenvalue weighted by Crippen LogP contribution is -2.41. The molecule has 1 saturated heterocycles. The van der Waals surface area contributed by atoms with E-state index in [0.29, 0.717) is 24.7 Å². The van der Waals surface area contributed by atoms with E-state index in [-0.39, 0.29) is 23.8 Å². The zero-order chi connectivity index (χ0) is 21.4. The highest BCUT2D eigenvalue weighted by atomic mass is 32.2. The van der Waals surface area contributed by atoms with Gasteiger partial charge < -0.3 is 14.3 Å². The van der Waals surface area contributed by atoms with Crippen molar-refractivity contribution in [1.29, 1.82) is 0 Å². The van der Waals surface area contributed by atoms with Crippen LogP contribution in [0.3, 0.4) is 0 Å². The molecule has 0 N–H and O–H groups in total. The Balaban J connectivity index is 2.19. The SMILES string of the molecule is CCCCOc1ccc(S(=O)(=O)N2C/C(=N\OCC(C)C)C[C@@H]2C(=O)OC)cc1. The Morgan fingerprint density at radius 1 is 1.28 bits per heavy atom. The summed E-state index contributed by atoms with van der Waals surface area (Å²) in [6.45, 7) is 7.01. The fraction of sp³-hybridized carbons (Fsp3) is 0.600. The molecule has 0 aliphatic carbocycles. The molecular weight excluding hydrogens is 396 g/mol. The molecule has 1 aliphatic rings. The number of unbranched alkanes of at least 4 members (excludes halogenated alkanes) is 1. The number of hydrogen-bond donors (Lipinski definition) is 0. The minimum absolute atomic E-state index is 0.0189. The van der Waals surface area contributed by atoms with Gasteiger partial charge in [-0.2, -0.15) is 4.31 Å². The van der Waals surface area contributed by atoms with Gasteiger partial charge in [0.25, 0.3) is 0 Å². The Kier molecular flexibility index (Phi) is 8.45. The third kappa shape index (κ3) is 6.17. The zero-order valence-electron chi connectivity index (χ0n) is 17.5. The van der Waals surface area contributed by atoms with E-state index in [1.165, 1.54) is 19.2 Å². The molecule has 1 aliphatic heterocycles. The highest BCUT2D eigenvalue weighted by Crippen LogP contribution is 2.27. The van der Waals surface area contributed by atoms with Gasteiger partial charge in [0.05, 0.1) is 30.9 Å². The predicted molar refractivity (Wildman–Crippen MR) is 109 cm³/mol. The summed E-state index contributed by atoms with van der Waals surface area (Å²) in [4.78, 5) is 17.5. The van der Waals surface area contributed by atoms with Gasteiger partial charge in [-0.3, -0.25) is 4.79 Å². The largest absolute Gasteiger partial charge is 0.494 e. The van der Waals surface area contributed by atoms with Crippen LogP contribution in [0, 0.1) is 5.92 Å². The maximum atomic E-state index is 13.1. The summed E-state index contributed by atoms with van der Waals surface area (Å²) in [6, 6.07) is 5.23. The lowest BCUT2D eigenvalue weighted by atomic mass is 10.2. The number of oxime groups is 1. The molecule has 2 rings (SSSR count). The molecule has 1 aromatic rings. The number of carbonyl (C=O) groups is 1. The maximum Gasteiger partial charge on any atom is 0.324 e. The first-order valence-corrected chi connectivity index (χ1v) is 11.2. The first-order valence-electron chi connectivity index (χ1n) is 9.79. The molecule has 1 aromatic carbocycles. The van der Waals surface area contributed by atoms with Crippen molar-refractivity contribution in [3.05, 3.63) is 24.3 Å². The summed E-state index contributed by atoms with van der Waals surface area (Å²) in [6.07, 6.45) is 2.08. The maximum absolute atomic E-state index is 13.1. The monoisotopic (exact) mass is 426 g/mol. The number of methoxy groups -OCH3 is 1. The summed E-state index contributed by atoms with van der Waals surface area (Å²) in [5, 5.41) is 4.03. The van der Waals surface area contributed by atoms with E-state index in [2.05, 4.69) is 12.1 Å². The van der Waals surface area contributed by atoms with Crippen molar-refractivity contribution in [3.8, 4) is 5.75 Å². The first-order chi connectivity index (χ1) is 13.8. The molecule has 1 atom stereocenters. The van der Waals surface area contributed by atoms with Gasteiger partial charge in [0.2, 0.25) is 10.0 Å². The number of carbonyl (C=O) groups excluding carboxylic acids is 1. The Labute approximate surface area is 172 Å². The summed E-state index contributed by atoms with van der Waals surface area (Å²) < 4.78 is 37.8. The fourth-order valence-electron chi connectivity index (χ4n) is 2.79. The molecule has 0 bridgehead atoms. The van der Waals surface area contributed by atoms with Gasteiger partial charge in [-0.05, 0) is 36.6 Å². The summed E-state index contributed by atoms with van der Waals surface area (Å²) in [7, 11) is -2.68. The summed E-state index contributed by atoms with van der Waals surface area (Å²) in [5.41, 5.74) is 0.490. The predicted octanol–water partition coefficient (Wildman–Crippen LogP) is 2.83. The average molecular weight is 427 g/mol. The van der Waals surface area contributed by atoms with E-state index >= 15 is 0 Å². The van der Waals surface area contributed by atoms with Gasteiger partial charge in [-0.25, -0.2) is 8.42 Å². The Morgan fingerprint density at radius 2 is 1.97 bits per heavy atom. The molecule has 8 nitrogen and oxygen atoms in total. The Hall–Kier alpha value is -2.13. The topological polar surface area (TPSA) is 94.5 Å². The Morgan fingerprint density at radius 3 is 2.55 bits per heavy atom. The van der Waals surface area contributed by atoms with E-state index in [0.717, 1.165) is 17.1 Å². The quantitative estimate of drug-likeness (QED) is 0.324. The molecule has 0 spiro atoms. The highest BCUT2D eigenvalue weighted by Gasteiger charge is 2.43. The lowest BCUT2D eigenvalue weighted by molar-refractivity contribution is -0.144. The van der Waals surface area contributed by atoms with Gasteiger partial charge >= 0.3 is 5.97 Å². The van der Waals surface area contributed by atoms with E-state index in [1.807, 2.05) is 13.8 Å². The van der Waals surface area contributed by atoms with Crippen molar-refractivity contribution in [1.82, 2.24) is 4.31 Å². The van der Waals surface area contributed by atoms with Crippen LogP contribution < -0.4 is 4.74 Å². The van der Waals surface area contributed by atoms with Crippen molar-refractivity contribution < 1.29 is 27.5 Å². The van der Waals surface area contributed by atoms with Crippen molar-refractivity contribution >= 4 is 21.7 Å². The third-order valence-electron chi connectivity index (χ3n) is 4.39. The standard InChI is InChI=1S/C20H30N2O6S/c1-5-6-11-27-17-7-9-18(10-8-17)29(24,25)22-13-16(21-28-14-15(2)3)12-19(22)20(23)26-4/h7-10,15,19H,5-6,11-14H2,1-4H3/b21-16-/t19-/m1/s1. The number of rotatable bonds is 10. The molecule has 1 heterocycles. The van der Waals surface area contributed by atoms with Crippen molar-refractivity contribution in [2.24, 2.45) is 11.1 Å². The van der Waals surface area contributed by atoms with Crippen molar-refractivity contribution in [2.45, 2.75) is 51.0 Å². The minimum Gasteiger partial charge on any atom is -0.494 e. The number of ether oxygens (including phenoxy) is 2. The van der Waals surface area contributed by atoms with Crippen LogP contribution in [-0.2, 0) is 24.4 Å². The molecule has 1 fully saturated rings. The van der Waals surface area contributed by atoms with Crippen LogP contribution >= 0.6 is 0 Å². The van der Waals surface area contributed by atoms with Crippen LogP contribution in [-0.4, -0.2) is 57.3 Å². The van der Waals surface area contributed by atoms with Crippen LogP contribution in [0.1, 0.15) is 40.0 Å². The molecule has 29 heavy (non-hydrogen) atoms. The van der Waals surface area contributed by atoms with E-state index in [1.54, 1.807) is 12.1 Å². The van der Waals surface area contributed by atoms with Crippen LogP contribution in [0.4, 0.5) is 0 Å². The van der Waals surface area contributed by atoms with Crippen LogP contribution in [0.2, 0.25) is 0 Å². The highest BCUT2D eigenvalue weighted by molar-refractivity contribution is 7.89. The van der Waals surface area contributed by atoms with Crippen molar-refractivity contribution in [2.75, 3.05) is 26.9 Å². The number of sulfonamides is 1. The first kappa shape index (κ1) is 23.2. The smallest absolute Gasteiger partial charge is 0.324 e. The Bertz CT molecular complexity index is 805. The lowest BCUT2D eigenvalue weighted by Gasteiger charge is -2.21. The van der Waals surface area contributed by atoms with Crippen LogP contribution in [0.25, 0.3) is 0 Å².